The van der Waals surface area contributed by atoms with Crippen LogP contribution in [0.15, 0.2) is 66.0 Å². The van der Waals surface area contributed by atoms with Gasteiger partial charge in [0.05, 0.1) is 16.4 Å². The maximum absolute atomic E-state index is 13.3. The first kappa shape index (κ1) is 24.9. The van der Waals surface area contributed by atoms with E-state index < -0.39 is 11.4 Å². The molecule has 35 heavy (non-hydrogen) atoms. The lowest BCUT2D eigenvalue weighted by atomic mass is 9.78. The van der Waals surface area contributed by atoms with Crippen LogP contribution < -0.4 is 0 Å². The van der Waals surface area contributed by atoms with Crippen molar-refractivity contribution in [3.63, 3.8) is 0 Å². The Bertz CT molecular complexity index is 1310. The molecule has 4 aromatic rings. The van der Waals surface area contributed by atoms with Crippen molar-refractivity contribution >= 4 is 34.1 Å². The van der Waals surface area contributed by atoms with Crippen molar-refractivity contribution < 1.29 is 14.7 Å². The molecule has 0 radical (unpaired) electrons. The summed E-state index contributed by atoms with van der Waals surface area (Å²) in [6.07, 6.45) is 2.97. The topological polar surface area (TPSA) is 72.2 Å². The minimum atomic E-state index is -1.19. The summed E-state index contributed by atoms with van der Waals surface area (Å²) in [4.78, 5) is 31.7. The molecule has 1 N–H and O–H groups in total. The molecule has 0 aliphatic rings. The van der Waals surface area contributed by atoms with Gasteiger partial charge in [0, 0.05) is 29.3 Å². The van der Waals surface area contributed by atoms with Gasteiger partial charge >= 0.3 is 5.97 Å². The average Bonchev–Trinajstić information content (AvgIpc) is 3.48. The number of rotatable bonds is 11. The van der Waals surface area contributed by atoms with E-state index in [-0.39, 0.29) is 12.2 Å². The molecular weight excluding hydrogens is 456 g/mol. The van der Waals surface area contributed by atoms with Crippen LogP contribution in [0.3, 0.4) is 0 Å². The highest BCUT2D eigenvalue weighted by Crippen LogP contribution is 2.32. The number of hydrogen-bond acceptors (Lipinski definition) is 4. The number of nitrogens with zero attached hydrogens (tertiary/aromatic N) is 2. The summed E-state index contributed by atoms with van der Waals surface area (Å²) in [5.74, 6) is -0.142. The first-order chi connectivity index (χ1) is 16.8. The number of benzene rings is 2. The second kappa shape index (κ2) is 10.6. The molecule has 0 aliphatic carbocycles. The minimum Gasteiger partial charge on any atom is -0.481 e. The van der Waals surface area contributed by atoms with Gasteiger partial charge < -0.3 is 9.67 Å². The Balaban J connectivity index is 1.66. The molecule has 2 heterocycles. The van der Waals surface area contributed by atoms with Gasteiger partial charge in [0.1, 0.15) is 5.82 Å². The summed E-state index contributed by atoms with van der Waals surface area (Å²) in [6, 6.07) is 19.6. The van der Waals surface area contributed by atoms with Crippen molar-refractivity contribution in [2.45, 2.75) is 58.9 Å². The van der Waals surface area contributed by atoms with E-state index in [1.54, 1.807) is 18.3 Å². The third-order valence-corrected chi connectivity index (χ3v) is 7.69. The molecule has 0 fully saturated rings. The largest absolute Gasteiger partial charge is 0.481 e. The second-order valence-corrected chi connectivity index (χ2v) is 10.5. The third kappa shape index (κ3) is 5.38. The molecule has 182 valence electrons. The maximum atomic E-state index is 13.3. The molecule has 0 saturated carbocycles. The molecule has 6 heteroatoms. The van der Waals surface area contributed by atoms with Gasteiger partial charge in [-0.3, -0.25) is 9.59 Å². The van der Waals surface area contributed by atoms with Gasteiger partial charge in [-0.05, 0) is 61.4 Å². The molecule has 0 saturated heterocycles. The van der Waals surface area contributed by atoms with Gasteiger partial charge in [0.15, 0.2) is 5.78 Å². The van der Waals surface area contributed by atoms with Gasteiger partial charge in [-0.15, -0.1) is 11.3 Å². The van der Waals surface area contributed by atoms with Gasteiger partial charge in [0.25, 0.3) is 0 Å². The van der Waals surface area contributed by atoms with Crippen molar-refractivity contribution in [2.24, 2.45) is 5.41 Å². The predicted molar refractivity (Wildman–Crippen MR) is 141 cm³/mol. The Labute approximate surface area is 210 Å². The van der Waals surface area contributed by atoms with Crippen LogP contribution in [0.5, 0.6) is 0 Å². The fourth-order valence-electron chi connectivity index (χ4n) is 4.79. The zero-order chi connectivity index (χ0) is 25.0. The van der Waals surface area contributed by atoms with Crippen LogP contribution in [-0.4, -0.2) is 26.4 Å². The van der Waals surface area contributed by atoms with Crippen molar-refractivity contribution in [3.05, 3.63) is 87.9 Å². The summed E-state index contributed by atoms with van der Waals surface area (Å²) >= 11 is 1.72. The quantitative estimate of drug-likeness (QED) is 0.232. The number of hydrogen-bond donors (Lipinski definition) is 1. The Morgan fingerprint density at radius 3 is 2.43 bits per heavy atom. The monoisotopic (exact) mass is 488 g/mol. The number of carboxylic acids is 1. The highest BCUT2D eigenvalue weighted by molar-refractivity contribution is 7.09. The SMILES string of the molecule is CCC(CC)n1c(Cc2cccs2)nc2cc(C(=O)CC(C)(Cc3ccccc3)C(=O)O)ccc21. The lowest BCUT2D eigenvalue weighted by molar-refractivity contribution is -0.147. The zero-order valence-corrected chi connectivity index (χ0v) is 21.3. The fraction of sp³-hybridized carbons (Fsp3) is 0.345. The number of aliphatic carboxylic acids is 1. The zero-order valence-electron chi connectivity index (χ0n) is 20.5. The molecule has 0 bridgehead atoms. The van der Waals surface area contributed by atoms with Crippen molar-refractivity contribution in [1.82, 2.24) is 9.55 Å². The third-order valence-electron chi connectivity index (χ3n) is 6.81. The Morgan fingerprint density at radius 2 is 1.80 bits per heavy atom. The van der Waals surface area contributed by atoms with Crippen LogP contribution in [0.4, 0.5) is 0 Å². The Morgan fingerprint density at radius 1 is 1.06 bits per heavy atom. The number of fused-ring (bicyclic) bond motifs is 1. The summed E-state index contributed by atoms with van der Waals surface area (Å²) < 4.78 is 2.32. The summed E-state index contributed by atoms with van der Waals surface area (Å²) in [6.45, 7) is 6.03. The molecule has 0 amide bonds. The highest BCUT2D eigenvalue weighted by atomic mass is 32.1. The van der Waals surface area contributed by atoms with Crippen LogP contribution in [0.25, 0.3) is 11.0 Å². The molecule has 2 aromatic heterocycles. The molecule has 1 atom stereocenters. The van der Waals surface area contributed by atoms with E-state index >= 15 is 0 Å². The number of carbonyl (C=O) groups is 2. The molecule has 5 nitrogen and oxygen atoms in total. The first-order valence-electron chi connectivity index (χ1n) is 12.2. The van der Waals surface area contributed by atoms with E-state index in [9.17, 15) is 14.7 Å². The smallest absolute Gasteiger partial charge is 0.310 e. The van der Waals surface area contributed by atoms with E-state index in [0.717, 1.165) is 41.7 Å². The lowest BCUT2D eigenvalue weighted by Gasteiger charge is -2.24. The predicted octanol–water partition coefficient (Wildman–Crippen LogP) is 6.96. The van der Waals surface area contributed by atoms with Gasteiger partial charge in [-0.2, -0.15) is 0 Å². The second-order valence-electron chi connectivity index (χ2n) is 9.46. The molecule has 0 spiro atoms. The van der Waals surface area contributed by atoms with E-state index in [4.69, 9.17) is 4.98 Å². The molecular formula is C29H32N2O3S. The maximum Gasteiger partial charge on any atom is 0.310 e. The molecule has 4 rings (SSSR count). The summed E-state index contributed by atoms with van der Waals surface area (Å²) in [5, 5.41) is 12.0. The number of carboxylic acid groups (broad SMARTS) is 1. The van der Waals surface area contributed by atoms with Gasteiger partial charge in [0.2, 0.25) is 0 Å². The number of aromatic nitrogens is 2. The fourth-order valence-corrected chi connectivity index (χ4v) is 5.50. The molecule has 1 unspecified atom stereocenters. The number of carbonyl (C=O) groups excluding carboxylic acids is 1. The number of Topliss-reactive ketones (excluding diaryl/α,β-unsaturated/α-hetero) is 1. The van der Waals surface area contributed by atoms with Crippen LogP contribution in [0.1, 0.15) is 72.7 Å². The number of imidazole rings is 1. The van der Waals surface area contributed by atoms with Crippen molar-refractivity contribution in [2.75, 3.05) is 0 Å². The standard InChI is InChI=1S/C29H32N2O3S/c1-4-22(5-2)31-25-14-13-21(16-24(25)30-27(31)17-23-12-9-15-35-23)26(32)19-29(3,28(33)34)18-20-10-7-6-8-11-20/h6-16,22H,4-5,17-19H2,1-3H3,(H,33,34). The van der Waals surface area contributed by atoms with Crippen LogP contribution in [0.2, 0.25) is 0 Å². The lowest BCUT2D eigenvalue weighted by Crippen LogP contribution is -2.32. The molecule has 0 aliphatic heterocycles. The van der Waals surface area contributed by atoms with Crippen LogP contribution in [-0.2, 0) is 17.6 Å². The normalized spacial score (nSPS) is 13.3. The Kier molecular flexibility index (Phi) is 7.51. The minimum absolute atomic E-state index is 0.0714. The summed E-state index contributed by atoms with van der Waals surface area (Å²) in [5.41, 5.74) is 2.03. The van der Waals surface area contributed by atoms with Crippen molar-refractivity contribution in [3.8, 4) is 0 Å². The van der Waals surface area contributed by atoms with Crippen LogP contribution >= 0.6 is 11.3 Å². The van der Waals surface area contributed by atoms with E-state index in [0.29, 0.717) is 18.0 Å². The number of thiophene rings is 1. The van der Waals surface area contributed by atoms with Crippen molar-refractivity contribution in [1.29, 1.82) is 0 Å². The van der Waals surface area contributed by atoms with E-state index in [1.165, 1.54) is 4.88 Å². The van der Waals surface area contributed by atoms with Gasteiger partial charge in [-0.25, -0.2) is 4.98 Å². The van der Waals surface area contributed by atoms with E-state index in [1.807, 2.05) is 48.5 Å². The van der Waals surface area contributed by atoms with Gasteiger partial charge in [-0.1, -0.05) is 50.2 Å². The van der Waals surface area contributed by atoms with Crippen LogP contribution in [0, 0.1) is 5.41 Å². The van der Waals surface area contributed by atoms with E-state index in [2.05, 4.69) is 35.9 Å². The Hall–Kier alpha value is -3.25. The average molecular weight is 489 g/mol. The summed E-state index contributed by atoms with van der Waals surface area (Å²) in [7, 11) is 0. The molecule has 2 aromatic carbocycles. The number of ketones is 1. The highest BCUT2D eigenvalue weighted by Gasteiger charge is 2.36. The first-order valence-corrected chi connectivity index (χ1v) is 13.1.